The quantitative estimate of drug-likeness (QED) is 0.762. The minimum atomic E-state index is -0.850. The zero-order chi connectivity index (χ0) is 16.1. The van der Waals surface area contributed by atoms with Crippen LogP contribution >= 0.6 is 0 Å². The molecule has 1 aliphatic carbocycles. The topological polar surface area (TPSA) is 92.4 Å². The summed E-state index contributed by atoms with van der Waals surface area (Å²) in [7, 11) is 0. The Morgan fingerprint density at radius 2 is 2.17 bits per heavy atom. The minimum Gasteiger partial charge on any atom is -0.481 e. The largest absolute Gasteiger partial charge is 0.481 e. The highest BCUT2D eigenvalue weighted by Crippen LogP contribution is 2.20. The number of nitrogens with one attached hydrogen (secondary N) is 1. The van der Waals surface area contributed by atoms with Gasteiger partial charge < -0.3 is 10.4 Å². The fourth-order valence-electron chi connectivity index (χ4n) is 2.79. The number of anilines is 1. The Morgan fingerprint density at radius 3 is 2.96 bits per heavy atom. The lowest BCUT2D eigenvalue weighted by Gasteiger charge is -2.13. The number of nitrogens with zero attached hydrogens (tertiary/aromatic N) is 4. The lowest BCUT2D eigenvalue weighted by Crippen LogP contribution is -2.09. The number of allylic oxidation sites excluding steroid dienone is 1. The Labute approximate surface area is 134 Å². The highest BCUT2D eigenvalue weighted by atomic mass is 16.4. The number of carboxylic acids is 1. The summed E-state index contributed by atoms with van der Waals surface area (Å²) in [5, 5.41) is 24.6. The van der Waals surface area contributed by atoms with E-state index in [-0.39, 0.29) is 6.42 Å². The van der Waals surface area contributed by atoms with Crippen LogP contribution < -0.4 is 5.32 Å². The van der Waals surface area contributed by atoms with Crippen molar-refractivity contribution in [2.45, 2.75) is 44.9 Å². The number of hydrogen-bond donors (Lipinski definition) is 2. The molecule has 0 unspecified atom stereocenters. The van der Waals surface area contributed by atoms with E-state index in [0.29, 0.717) is 17.9 Å². The van der Waals surface area contributed by atoms with Crippen LogP contribution in [0.3, 0.4) is 0 Å². The molecule has 0 aliphatic heterocycles. The van der Waals surface area contributed by atoms with Gasteiger partial charge in [0, 0.05) is 13.0 Å². The van der Waals surface area contributed by atoms with E-state index in [2.05, 4.69) is 26.7 Å². The molecule has 2 aromatic rings. The normalized spacial score (nSPS) is 14.7. The van der Waals surface area contributed by atoms with Crippen LogP contribution in [-0.2, 0) is 11.2 Å². The highest BCUT2D eigenvalue weighted by Gasteiger charge is 2.10. The van der Waals surface area contributed by atoms with Crippen LogP contribution in [-0.4, -0.2) is 37.4 Å². The maximum absolute atomic E-state index is 10.7. The van der Waals surface area contributed by atoms with Crippen LogP contribution in [0.25, 0.3) is 5.65 Å². The van der Waals surface area contributed by atoms with E-state index in [1.807, 2.05) is 12.1 Å². The lowest BCUT2D eigenvalue weighted by molar-refractivity contribution is -0.137. The number of hydrogen-bond acceptors (Lipinski definition) is 5. The van der Waals surface area contributed by atoms with Crippen molar-refractivity contribution in [3.05, 3.63) is 29.6 Å². The summed E-state index contributed by atoms with van der Waals surface area (Å²) in [6.45, 7) is 0.844. The monoisotopic (exact) mass is 315 g/mol. The first-order valence-corrected chi connectivity index (χ1v) is 8.07. The molecule has 0 spiro atoms. The lowest BCUT2D eigenvalue weighted by atomic mass is 9.97. The molecule has 0 bridgehead atoms. The molecule has 0 amide bonds. The molecule has 0 saturated carbocycles. The van der Waals surface area contributed by atoms with Crippen molar-refractivity contribution in [3.8, 4) is 0 Å². The summed E-state index contributed by atoms with van der Waals surface area (Å²) in [6, 6.07) is 3.71. The minimum absolute atomic E-state index is 0.0221. The van der Waals surface area contributed by atoms with Crippen LogP contribution in [0.5, 0.6) is 0 Å². The first-order valence-electron chi connectivity index (χ1n) is 8.07. The zero-order valence-corrected chi connectivity index (χ0v) is 13.0. The van der Waals surface area contributed by atoms with Crippen molar-refractivity contribution in [1.82, 2.24) is 19.8 Å². The van der Waals surface area contributed by atoms with Crippen molar-refractivity contribution < 1.29 is 9.90 Å². The molecule has 1 aliphatic rings. The third-order valence-corrected chi connectivity index (χ3v) is 4.03. The van der Waals surface area contributed by atoms with Gasteiger partial charge in [-0.2, -0.15) is 4.52 Å². The van der Waals surface area contributed by atoms with Gasteiger partial charge in [0.15, 0.2) is 11.5 Å². The SMILES string of the molecule is O=C(O)CCc1nnc2ccc(NCCC3=CCCCC3)nn12. The number of carbonyl (C=O) groups is 1. The Hall–Kier alpha value is -2.44. The molecule has 0 atom stereocenters. The predicted molar refractivity (Wildman–Crippen MR) is 86.4 cm³/mol. The Bertz CT molecular complexity index is 722. The third-order valence-electron chi connectivity index (χ3n) is 4.03. The van der Waals surface area contributed by atoms with Gasteiger partial charge in [0.1, 0.15) is 5.82 Å². The maximum Gasteiger partial charge on any atom is 0.303 e. The molecule has 3 rings (SSSR count). The summed E-state index contributed by atoms with van der Waals surface area (Å²) in [4.78, 5) is 10.7. The number of aliphatic carboxylic acids is 1. The van der Waals surface area contributed by atoms with Crippen LogP contribution in [0, 0.1) is 0 Å². The van der Waals surface area contributed by atoms with E-state index in [0.717, 1.165) is 18.8 Å². The fourth-order valence-corrected chi connectivity index (χ4v) is 2.79. The molecule has 0 aromatic carbocycles. The van der Waals surface area contributed by atoms with Gasteiger partial charge in [-0.25, -0.2) is 0 Å². The number of carboxylic acid groups (broad SMARTS) is 1. The van der Waals surface area contributed by atoms with E-state index in [4.69, 9.17) is 5.11 Å². The van der Waals surface area contributed by atoms with Crippen LogP contribution in [0.1, 0.15) is 44.3 Å². The number of fused-ring (bicyclic) bond motifs is 1. The maximum atomic E-state index is 10.7. The van der Waals surface area contributed by atoms with Crippen LogP contribution in [0.4, 0.5) is 5.82 Å². The van der Waals surface area contributed by atoms with E-state index < -0.39 is 5.97 Å². The predicted octanol–water partition coefficient (Wildman–Crippen LogP) is 2.44. The average molecular weight is 315 g/mol. The number of aromatic nitrogens is 4. The van der Waals surface area contributed by atoms with Gasteiger partial charge in [0.2, 0.25) is 0 Å². The summed E-state index contributed by atoms with van der Waals surface area (Å²) >= 11 is 0. The molecule has 7 nitrogen and oxygen atoms in total. The molecule has 2 N–H and O–H groups in total. The second-order valence-corrected chi connectivity index (χ2v) is 5.78. The highest BCUT2D eigenvalue weighted by molar-refractivity contribution is 5.66. The van der Waals surface area contributed by atoms with E-state index >= 15 is 0 Å². The van der Waals surface area contributed by atoms with Crippen LogP contribution in [0.2, 0.25) is 0 Å². The average Bonchev–Trinajstić information content (AvgIpc) is 2.96. The molecule has 122 valence electrons. The van der Waals surface area contributed by atoms with Gasteiger partial charge in [0.05, 0.1) is 6.42 Å². The summed E-state index contributed by atoms with van der Waals surface area (Å²) in [5.74, 6) is 0.475. The number of aryl methyl sites for hydroxylation is 1. The molecule has 0 radical (unpaired) electrons. The summed E-state index contributed by atoms with van der Waals surface area (Å²) in [6.07, 6.45) is 8.74. The van der Waals surface area contributed by atoms with Gasteiger partial charge in [-0.05, 0) is 44.2 Å². The van der Waals surface area contributed by atoms with Crippen molar-refractivity contribution in [2.24, 2.45) is 0 Å². The molecule has 2 aromatic heterocycles. The van der Waals surface area contributed by atoms with Crippen molar-refractivity contribution >= 4 is 17.4 Å². The second kappa shape index (κ2) is 7.21. The second-order valence-electron chi connectivity index (χ2n) is 5.78. The molecular formula is C16H21N5O2. The first-order chi connectivity index (χ1) is 11.2. The van der Waals surface area contributed by atoms with Crippen molar-refractivity contribution in [3.63, 3.8) is 0 Å². The molecule has 0 fully saturated rings. The van der Waals surface area contributed by atoms with Gasteiger partial charge in [-0.15, -0.1) is 15.3 Å². The summed E-state index contributed by atoms with van der Waals surface area (Å²) < 4.78 is 1.62. The standard InChI is InChI=1S/C16H21N5O2/c22-16(23)9-8-15-19-18-14-7-6-13(20-21(14)15)17-11-10-12-4-2-1-3-5-12/h4,6-7H,1-3,5,8-11H2,(H,17,20)(H,22,23). The Kier molecular flexibility index (Phi) is 4.85. The third kappa shape index (κ3) is 4.06. The molecular weight excluding hydrogens is 294 g/mol. The molecule has 7 heteroatoms. The van der Waals surface area contributed by atoms with E-state index in [9.17, 15) is 4.79 Å². The molecule has 23 heavy (non-hydrogen) atoms. The fraction of sp³-hybridized carbons (Fsp3) is 0.500. The van der Waals surface area contributed by atoms with Gasteiger partial charge in [-0.1, -0.05) is 11.6 Å². The Balaban J connectivity index is 1.63. The van der Waals surface area contributed by atoms with Gasteiger partial charge in [-0.3, -0.25) is 4.79 Å². The van der Waals surface area contributed by atoms with Gasteiger partial charge >= 0.3 is 5.97 Å². The zero-order valence-electron chi connectivity index (χ0n) is 13.0. The van der Waals surface area contributed by atoms with E-state index in [1.54, 1.807) is 4.52 Å². The van der Waals surface area contributed by atoms with Crippen molar-refractivity contribution in [2.75, 3.05) is 11.9 Å². The Morgan fingerprint density at radius 1 is 1.26 bits per heavy atom. The van der Waals surface area contributed by atoms with Crippen LogP contribution in [0.15, 0.2) is 23.8 Å². The molecule has 2 heterocycles. The summed E-state index contributed by atoms with van der Waals surface area (Å²) in [5.41, 5.74) is 2.15. The van der Waals surface area contributed by atoms with Crippen molar-refractivity contribution in [1.29, 1.82) is 0 Å². The molecule has 0 saturated heterocycles. The van der Waals surface area contributed by atoms with E-state index in [1.165, 1.54) is 31.3 Å². The van der Waals surface area contributed by atoms with Gasteiger partial charge in [0.25, 0.3) is 0 Å². The number of rotatable bonds is 7. The first kappa shape index (κ1) is 15.5. The smallest absolute Gasteiger partial charge is 0.303 e.